The van der Waals surface area contributed by atoms with Gasteiger partial charge in [0, 0.05) is 23.0 Å². The Labute approximate surface area is 122 Å². The number of ketones is 1. The minimum atomic E-state index is -0.0597. The quantitative estimate of drug-likeness (QED) is 0.571. The van der Waals surface area contributed by atoms with E-state index in [0.717, 1.165) is 16.5 Å². The number of aromatic nitrogens is 1. The van der Waals surface area contributed by atoms with E-state index in [1.165, 1.54) is 0 Å². The van der Waals surface area contributed by atoms with E-state index in [4.69, 9.17) is 10.5 Å². The number of ether oxygens (including phenoxy) is 1. The molecule has 0 unspecified atom stereocenters. The number of carbonyl (C=O) groups excluding carboxylic acids is 1. The molecule has 3 N–H and O–H groups in total. The smallest absolute Gasteiger partial charge is 0.195 e. The number of benzene rings is 2. The van der Waals surface area contributed by atoms with Crippen molar-refractivity contribution in [1.82, 2.24) is 4.98 Å². The lowest BCUT2D eigenvalue weighted by atomic mass is 9.98. The topological polar surface area (TPSA) is 68.1 Å². The first-order chi connectivity index (χ1) is 10.1. The molecule has 2 aromatic carbocycles. The fourth-order valence-corrected chi connectivity index (χ4v) is 2.53. The third kappa shape index (κ3) is 2.14. The Morgan fingerprint density at radius 3 is 2.76 bits per heavy atom. The number of H-pyrrole nitrogens is 1. The van der Waals surface area contributed by atoms with Crippen LogP contribution in [0.25, 0.3) is 10.9 Å². The van der Waals surface area contributed by atoms with E-state index in [9.17, 15) is 4.79 Å². The minimum absolute atomic E-state index is 0.0597. The molecule has 0 saturated heterocycles. The number of hydrogen-bond acceptors (Lipinski definition) is 3. The van der Waals surface area contributed by atoms with E-state index in [2.05, 4.69) is 4.98 Å². The molecule has 4 heteroatoms. The fourth-order valence-electron chi connectivity index (χ4n) is 2.53. The van der Waals surface area contributed by atoms with Crippen molar-refractivity contribution in [2.24, 2.45) is 0 Å². The Bertz CT molecular complexity index is 834. The van der Waals surface area contributed by atoms with Crippen LogP contribution < -0.4 is 10.5 Å². The molecule has 0 amide bonds. The molecule has 3 rings (SSSR count). The maximum Gasteiger partial charge on any atom is 0.195 e. The highest BCUT2D eigenvalue weighted by Crippen LogP contribution is 2.30. The number of rotatable bonds is 3. The highest BCUT2D eigenvalue weighted by atomic mass is 16.5. The van der Waals surface area contributed by atoms with Crippen LogP contribution in [-0.2, 0) is 0 Å². The normalized spacial score (nSPS) is 10.8. The van der Waals surface area contributed by atoms with Crippen LogP contribution in [0.2, 0.25) is 0 Å². The van der Waals surface area contributed by atoms with E-state index in [0.29, 0.717) is 22.6 Å². The maximum atomic E-state index is 12.8. The second-order valence-corrected chi connectivity index (χ2v) is 4.99. The van der Waals surface area contributed by atoms with E-state index < -0.39 is 0 Å². The molecular weight excluding hydrogens is 264 g/mol. The Hall–Kier alpha value is -2.75. The summed E-state index contributed by atoms with van der Waals surface area (Å²) in [6, 6.07) is 11.0. The van der Waals surface area contributed by atoms with Gasteiger partial charge in [-0.3, -0.25) is 4.79 Å². The molecule has 0 aliphatic heterocycles. The van der Waals surface area contributed by atoms with Crippen LogP contribution in [-0.4, -0.2) is 17.9 Å². The summed E-state index contributed by atoms with van der Waals surface area (Å²) in [6.45, 7) is 1.90. The largest absolute Gasteiger partial charge is 0.496 e. The predicted octanol–water partition coefficient (Wildman–Crippen LogP) is 3.30. The van der Waals surface area contributed by atoms with Gasteiger partial charge in [0.15, 0.2) is 5.78 Å². The maximum absolute atomic E-state index is 12.8. The number of aryl methyl sites for hydroxylation is 1. The lowest BCUT2D eigenvalue weighted by molar-refractivity contribution is 0.103. The lowest BCUT2D eigenvalue weighted by Gasteiger charge is -2.07. The van der Waals surface area contributed by atoms with Crippen molar-refractivity contribution in [3.8, 4) is 5.75 Å². The number of fused-ring (bicyclic) bond motifs is 1. The standard InChI is InChI=1S/C17H16N2O2/c1-10-6-7-11(18)8-12(10)17(20)13-9-19-14-4-3-5-15(21-2)16(13)14/h3-9,19H,18H2,1-2H3. The van der Waals surface area contributed by atoms with Gasteiger partial charge in [-0.15, -0.1) is 0 Å². The van der Waals surface area contributed by atoms with Gasteiger partial charge in [-0.1, -0.05) is 12.1 Å². The first-order valence-corrected chi connectivity index (χ1v) is 6.66. The summed E-state index contributed by atoms with van der Waals surface area (Å²) in [4.78, 5) is 15.9. The predicted molar refractivity (Wildman–Crippen MR) is 83.9 cm³/mol. The van der Waals surface area contributed by atoms with Gasteiger partial charge in [-0.25, -0.2) is 0 Å². The number of nitrogen functional groups attached to an aromatic ring is 1. The van der Waals surface area contributed by atoms with Crippen LogP contribution in [0.5, 0.6) is 5.75 Å². The van der Waals surface area contributed by atoms with Crippen LogP contribution in [0, 0.1) is 6.92 Å². The molecule has 1 heterocycles. The third-order valence-electron chi connectivity index (χ3n) is 3.64. The van der Waals surface area contributed by atoms with Gasteiger partial charge in [-0.05, 0) is 36.8 Å². The van der Waals surface area contributed by atoms with Crippen molar-refractivity contribution in [3.63, 3.8) is 0 Å². The van der Waals surface area contributed by atoms with Gasteiger partial charge in [0.25, 0.3) is 0 Å². The van der Waals surface area contributed by atoms with Gasteiger partial charge in [-0.2, -0.15) is 0 Å². The van der Waals surface area contributed by atoms with Crippen LogP contribution in [0.3, 0.4) is 0 Å². The van der Waals surface area contributed by atoms with Gasteiger partial charge in [0.1, 0.15) is 5.75 Å². The summed E-state index contributed by atoms with van der Waals surface area (Å²) in [7, 11) is 1.60. The van der Waals surface area contributed by atoms with Crippen molar-refractivity contribution in [1.29, 1.82) is 0 Å². The molecule has 4 nitrogen and oxygen atoms in total. The van der Waals surface area contributed by atoms with Crippen LogP contribution >= 0.6 is 0 Å². The van der Waals surface area contributed by atoms with Gasteiger partial charge in [0.2, 0.25) is 0 Å². The van der Waals surface area contributed by atoms with Crippen molar-refractivity contribution in [2.75, 3.05) is 12.8 Å². The van der Waals surface area contributed by atoms with Crippen molar-refractivity contribution in [3.05, 3.63) is 59.3 Å². The van der Waals surface area contributed by atoms with Crippen molar-refractivity contribution in [2.45, 2.75) is 6.92 Å². The summed E-state index contributed by atoms with van der Waals surface area (Å²) in [5.74, 6) is 0.620. The Balaban J connectivity index is 2.20. The molecule has 21 heavy (non-hydrogen) atoms. The number of anilines is 1. The van der Waals surface area contributed by atoms with Gasteiger partial charge in [0.05, 0.1) is 18.1 Å². The first kappa shape index (κ1) is 13.2. The molecule has 0 saturated carbocycles. The summed E-state index contributed by atoms with van der Waals surface area (Å²) >= 11 is 0. The molecule has 0 aliphatic carbocycles. The lowest BCUT2D eigenvalue weighted by Crippen LogP contribution is -2.04. The van der Waals surface area contributed by atoms with E-state index in [-0.39, 0.29) is 5.78 Å². The molecule has 0 spiro atoms. The number of aromatic amines is 1. The number of nitrogens with one attached hydrogen (secondary N) is 1. The Morgan fingerprint density at radius 1 is 1.19 bits per heavy atom. The molecule has 0 atom stereocenters. The second kappa shape index (κ2) is 4.98. The average Bonchev–Trinajstić information content (AvgIpc) is 2.93. The monoisotopic (exact) mass is 280 g/mol. The van der Waals surface area contributed by atoms with E-state index >= 15 is 0 Å². The van der Waals surface area contributed by atoms with Crippen molar-refractivity contribution < 1.29 is 9.53 Å². The fraction of sp³-hybridized carbons (Fsp3) is 0.118. The highest BCUT2D eigenvalue weighted by molar-refractivity contribution is 6.18. The van der Waals surface area contributed by atoms with E-state index in [1.807, 2.05) is 31.2 Å². The molecular formula is C17H16N2O2. The second-order valence-electron chi connectivity index (χ2n) is 4.99. The summed E-state index contributed by atoms with van der Waals surface area (Å²) in [5.41, 5.74) is 9.36. The molecule has 0 fully saturated rings. The van der Waals surface area contributed by atoms with Crippen LogP contribution in [0.1, 0.15) is 21.5 Å². The number of hydrogen-bond donors (Lipinski definition) is 2. The highest BCUT2D eigenvalue weighted by Gasteiger charge is 2.18. The number of carbonyl (C=O) groups is 1. The van der Waals surface area contributed by atoms with E-state index in [1.54, 1.807) is 25.4 Å². The zero-order valence-electron chi connectivity index (χ0n) is 11.9. The summed E-state index contributed by atoms with van der Waals surface area (Å²) in [6.07, 6.45) is 1.72. The Kier molecular flexibility index (Phi) is 3.14. The zero-order valence-corrected chi connectivity index (χ0v) is 11.9. The molecule has 3 aromatic rings. The summed E-state index contributed by atoms with van der Waals surface area (Å²) < 4.78 is 5.37. The van der Waals surface area contributed by atoms with Gasteiger partial charge < -0.3 is 15.5 Å². The van der Waals surface area contributed by atoms with Crippen molar-refractivity contribution >= 4 is 22.4 Å². The molecule has 1 aromatic heterocycles. The zero-order chi connectivity index (χ0) is 15.0. The minimum Gasteiger partial charge on any atom is -0.496 e. The molecule has 106 valence electrons. The van der Waals surface area contributed by atoms with Gasteiger partial charge >= 0.3 is 0 Å². The number of nitrogens with two attached hydrogens (primary N) is 1. The molecule has 0 aliphatic rings. The first-order valence-electron chi connectivity index (χ1n) is 6.66. The third-order valence-corrected chi connectivity index (χ3v) is 3.64. The molecule has 0 radical (unpaired) electrons. The van der Waals surface area contributed by atoms with Crippen LogP contribution in [0.15, 0.2) is 42.6 Å². The summed E-state index contributed by atoms with van der Waals surface area (Å²) in [5, 5.41) is 0.798. The molecule has 0 bridgehead atoms. The average molecular weight is 280 g/mol. The Morgan fingerprint density at radius 2 is 2.00 bits per heavy atom. The van der Waals surface area contributed by atoms with Crippen LogP contribution in [0.4, 0.5) is 5.69 Å². The SMILES string of the molecule is COc1cccc2[nH]cc(C(=O)c3cc(N)ccc3C)c12. The number of methoxy groups -OCH3 is 1.